The third-order valence-corrected chi connectivity index (χ3v) is 6.38. The van der Waals surface area contributed by atoms with Crippen LogP contribution < -0.4 is 0 Å². The summed E-state index contributed by atoms with van der Waals surface area (Å²) >= 11 is 0. The number of hydrogen-bond acceptors (Lipinski definition) is 5. The molecule has 3 atom stereocenters. The molecule has 0 radical (unpaired) electrons. The Bertz CT molecular complexity index is 718. The van der Waals surface area contributed by atoms with Gasteiger partial charge in [-0.1, -0.05) is 36.8 Å². The van der Waals surface area contributed by atoms with E-state index in [0.717, 1.165) is 5.56 Å². The molecule has 1 saturated carbocycles. The fraction of sp³-hybridized carbons (Fsp3) is 0.500. The number of aryl methyl sites for hydroxylation is 1. The van der Waals surface area contributed by atoms with E-state index in [1.54, 1.807) is 19.1 Å². The molecule has 22 heavy (non-hydrogen) atoms. The van der Waals surface area contributed by atoms with Gasteiger partial charge in [0.05, 0.1) is 12.7 Å². The van der Waals surface area contributed by atoms with Crippen LogP contribution in [0.4, 0.5) is 0 Å². The Morgan fingerprint density at radius 2 is 1.91 bits per heavy atom. The summed E-state index contributed by atoms with van der Waals surface area (Å²) in [5.74, 6) is -1.52. The van der Waals surface area contributed by atoms with E-state index in [9.17, 15) is 18.5 Å². The monoisotopic (exact) mass is 321 g/mol. The fourth-order valence-corrected chi connectivity index (χ4v) is 4.84. The molecule has 1 fully saturated rings. The van der Waals surface area contributed by atoms with Crippen molar-refractivity contribution in [2.24, 2.45) is 5.41 Å². The lowest BCUT2D eigenvalue weighted by atomic mass is 10.00. The molecule has 1 aliphatic carbocycles. The molecule has 0 N–H and O–H groups in total. The second kappa shape index (κ2) is 5.73. The van der Waals surface area contributed by atoms with Gasteiger partial charge in [-0.3, -0.25) is 4.79 Å². The van der Waals surface area contributed by atoms with Gasteiger partial charge in [0.2, 0.25) is 0 Å². The maximum atomic E-state index is 12.3. The summed E-state index contributed by atoms with van der Waals surface area (Å²) in [6.07, 6.45) is 0. The fourth-order valence-electron chi connectivity index (χ4n) is 2.91. The number of carbonyl (C=O) groups excluding carboxylic acids is 1. The van der Waals surface area contributed by atoms with Crippen LogP contribution in [-0.4, -0.2) is 32.0 Å². The summed E-state index contributed by atoms with van der Waals surface area (Å²) in [5, 5.41) is 8.52. The SMILES string of the molecule is CCOC(=O)[C@]1(C#N)[C@H](c2ccc(C)cc2)[C@@H]1S(=O)(=O)CC. The quantitative estimate of drug-likeness (QED) is 0.774. The average Bonchev–Trinajstić information content (AvgIpc) is 3.20. The van der Waals surface area contributed by atoms with Crippen LogP contribution in [0.1, 0.15) is 30.9 Å². The maximum Gasteiger partial charge on any atom is 0.328 e. The molecular weight excluding hydrogens is 302 g/mol. The minimum Gasteiger partial charge on any atom is -0.465 e. The summed E-state index contributed by atoms with van der Waals surface area (Å²) in [6.45, 7) is 5.18. The number of rotatable bonds is 5. The first kappa shape index (κ1) is 16.5. The Morgan fingerprint density at radius 1 is 1.32 bits per heavy atom. The number of hydrogen-bond donors (Lipinski definition) is 0. The van der Waals surface area contributed by atoms with E-state index < -0.39 is 32.4 Å². The smallest absolute Gasteiger partial charge is 0.328 e. The lowest BCUT2D eigenvalue weighted by Gasteiger charge is -2.08. The lowest BCUT2D eigenvalue weighted by molar-refractivity contribution is -0.147. The molecule has 0 aliphatic heterocycles. The number of nitrogens with zero attached hydrogens (tertiary/aromatic N) is 1. The number of ether oxygens (including phenoxy) is 1. The van der Waals surface area contributed by atoms with Gasteiger partial charge in [0.1, 0.15) is 5.25 Å². The van der Waals surface area contributed by atoms with E-state index in [4.69, 9.17) is 4.74 Å². The minimum absolute atomic E-state index is 0.108. The van der Waals surface area contributed by atoms with Gasteiger partial charge in [0, 0.05) is 11.7 Å². The van der Waals surface area contributed by atoms with Gasteiger partial charge < -0.3 is 4.74 Å². The predicted octanol–water partition coefficient (Wildman–Crippen LogP) is 1.97. The van der Waals surface area contributed by atoms with Crippen molar-refractivity contribution in [3.63, 3.8) is 0 Å². The number of sulfone groups is 1. The van der Waals surface area contributed by atoms with Crippen LogP contribution in [0.5, 0.6) is 0 Å². The van der Waals surface area contributed by atoms with Crippen molar-refractivity contribution < 1.29 is 17.9 Å². The Morgan fingerprint density at radius 3 is 2.36 bits per heavy atom. The third kappa shape index (κ3) is 2.40. The van der Waals surface area contributed by atoms with Crippen molar-refractivity contribution in [3.8, 4) is 6.07 Å². The summed E-state index contributed by atoms with van der Waals surface area (Å²) in [7, 11) is -3.54. The molecule has 1 aromatic rings. The number of nitriles is 1. The maximum absolute atomic E-state index is 12.3. The summed E-state index contributed by atoms with van der Waals surface area (Å²) < 4.78 is 29.7. The molecule has 0 spiro atoms. The molecule has 6 heteroatoms. The number of esters is 1. The highest BCUT2D eigenvalue weighted by Crippen LogP contribution is 2.63. The van der Waals surface area contributed by atoms with E-state index in [1.165, 1.54) is 6.92 Å². The average molecular weight is 321 g/mol. The van der Waals surface area contributed by atoms with Crippen molar-refractivity contribution in [3.05, 3.63) is 35.4 Å². The van der Waals surface area contributed by atoms with Crippen molar-refractivity contribution in [2.75, 3.05) is 12.4 Å². The van der Waals surface area contributed by atoms with Crippen LogP contribution in [0.15, 0.2) is 24.3 Å². The summed E-state index contributed by atoms with van der Waals surface area (Å²) in [4.78, 5) is 12.3. The first-order valence-corrected chi connectivity index (χ1v) is 8.93. The Kier molecular flexibility index (Phi) is 4.30. The molecule has 1 aliphatic rings. The van der Waals surface area contributed by atoms with Gasteiger partial charge in [-0.25, -0.2) is 8.42 Å². The first-order chi connectivity index (χ1) is 10.3. The summed E-state index contributed by atoms with van der Waals surface area (Å²) in [5.41, 5.74) is 0.0836. The van der Waals surface area contributed by atoms with Crippen LogP contribution in [0.3, 0.4) is 0 Å². The molecule has 0 amide bonds. The van der Waals surface area contributed by atoms with Crippen LogP contribution in [0, 0.1) is 23.7 Å². The highest BCUT2D eigenvalue weighted by atomic mass is 32.2. The summed E-state index contributed by atoms with van der Waals surface area (Å²) in [6, 6.07) is 9.17. The van der Waals surface area contributed by atoms with E-state index in [0.29, 0.717) is 5.56 Å². The molecular formula is C16H19NO4S. The molecule has 5 nitrogen and oxygen atoms in total. The third-order valence-electron chi connectivity index (χ3n) is 4.16. The van der Waals surface area contributed by atoms with Gasteiger partial charge in [-0.05, 0) is 19.4 Å². The topological polar surface area (TPSA) is 84.2 Å². The molecule has 0 unspecified atom stereocenters. The highest BCUT2D eigenvalue weighted by molar-refractivity contribution is 7.92. The van der Waals surface area contributed by atoms with E-state index >= 15 is 0 Å². The van der Waals surface area contributed by atoms with Crippen molar-refractivity contribution in [2.45, 2.75) is 31.9 Å². The van der Waals surface area contributed by atoms with Crippen LogP contribution in [0.25, 0.3) is 0 Å². The lowest BCUT2D eigenvalue weighted by Crippen LogP contribution is -2.26. The predicted molar refractivity (Wildman–Crippen MR) is 81.8 cm³/mol. The van der Waals surface area contributed by atoms with Crippen LogP contribution in [0.2, 0.25) is 0 Å². The van der Waals surface area contributed by atoms with Gasteiger partial charge in [-0.2, -0.15) is 5.26 Å². The van der Waals surface area contributed by atoms with E-state index in [2.05, 4.69) is 0 Å². The zero-order valence-corrected chi connectivity index (χ0v) is 13.7. The molecule has 2 rings (SSSR count). The van der Waals surface area contributed by atoms with Gasteiger partial charge >= 0.3 is 5.97 Å². The molecule has 1 aromatic carbocycles. The van der Waals surface area contributed by atoms with Crippen molar-refractivity contribution >= 4 is 15.8 Å². The van der Waals surface area contributed by atoms with Crippen molar-refractivity contribution in [1.29, 1.82) is 5.26 Å². The van der Waals surface area contributed by atoms with E-state index in [1.807, 2.05) is 25.1 Å². The minimum atomic E-state index is -3.54. The van der Waals surface area contributed by atoms with Gasteiger partial charge in [-0.15, -0.1) is 0 Å². The van der Waals surface area contributed by atoms with Gasteiger partial charge in [0.25, 0.3) is 0 Å². The van der Waals surface area contributed by atoms with Crippen LogP contribution >= 0.6 is 0 Å². The van der Waals surface area contributed by atoms with E-state index in [-0.39, 0.29) is 12.4 Å². The zero-order valence-electron chi connectivity index (χ0n) is 12.9. The molecule has 0 heterocycles. The normalized spacial score (nSPS) is 27.0. The molecule has 0 bridgehead atoms. The zero-order chi connectivity index (χ0) is 16.5. The second-order valence-corrected chi connectivity index (χ2v) is 7.87. The largest absolute Gasteiger partial charge is 0.465 e. The highest BCUT2D eigenvalue weighted by Gasteiger charge is 2.77. The standard InChI is InChI=1S/C16H19NO4S/c1-4-21-15(18)16(10-17)13(14(16)22(19,20)5-2)12-8-6-11(3)7-9-12/h6-9,13-14H,4-5H2,1-3H3/t13-,14+,16-/m1/s1. The Labute approximate surface area is 130 Å². The Hall–Kier alpha value is -1.87. The molecule has 0 aromatic heterocycles. The van der Waals surface area contributed by atoms with Gasteiger partial charge in [0.15, 0.2) is 15.3 Å². The molecule has 118 valence electrons. The Balaban J connectivity index is 2.52. The molecule has 0 saturated heterocycles. The van der Waals surface area contributed by atoms with Crippen molar-refractivity contribution in [1.82, 2.24) is 0 Å². The first-order valence-electron chi connectivity index (χ1n) is 7.21. The van der Waals surface area contributed by atoms with Crippen LogP contribution in [-0.2, 0) is 19.4 Å². The number of benzene rings is 1. The number of carbonyl (C=O) groups is 1. The second-order valence-electron chi connectivity index (χ2n) is 5.46.